The number of carbonyl (C=O) groups is 1. The molecule has 8 nitrogen and oxygen atoms in total. The van der Waals surface area contributed by atoms with Gasteiger partial charge in [0.1, 0.15) is 23.0 Å². The molecule has 0 bridgehead atoms. The maximum atomic E-state index is 12.6. The number of aliphatic hydroxyl groups is 1. The van der Waals surface area contributed by atoms with Gasteiger partial charge >= 0.3 is 5.97 Å². The average molecular weight is 383 g/mol. The van der Waals surface area contributed by atoms with E-state index < -0.39 is 28.8 Å². The highest BCUT2D eigenvalue weighted by molar-refractivity contribution is 5.86. The summed E-state index contributed by atoms with van der Waals surface area (Å²) >= 11 is 0. The van der Waals surface area contributed by atoms with Crippen molar-refractivity contribution in [3.8, 4) is 11.8 Å². The molecule has 2 aromatic rings. The summed E-state index contributed by atoms with van der Waals surface area (Å²) in [5.41, 5.74) is -2.46. The Morgan fingerprint density at radius 3 is 2.71 bits per heavy atom. The van der Waals surface area contributed by atoms with Gasteiger partial charge in [-0.1, -0.05) is 0 Å². The lowest BCUT2D eigenvalue weighted by atomic mass is 9.75. The summed E-state index contributed by atoms with van der Waals surface area (Å²) in [6.45, 7) is 6.75. The number of nitriles is 1. The molecule has 0 radical (unpaired) electrons. The van der Waals surface area contributed by atoms with Crippen LogP contribution in [0.15, 0.2) is 35.1 Å². The highest BCUT2D eigenvalue weighted by atomic mass is 16.5. The van der Waals surface area contributed by atoms with Crippen molar-refractivity contribution in [1.82, 2.24) is 9.78 Å². The largest absolute Gasteiger partial charge is 0.484 e. The molecule has 8 heteroatoms. The number of ether oxygens (including phenoxy) is 2. The molecule has 2 unspecified atom stereocenters. The van der Waals surface area contributed by atoms with Gasteiger partial charge in [-0.05, 0) is 52.0 Å². The van der Waals surface area contributed by atoms with Crippen molar-refractivity contribution in [3.63, 3.8) is 0 Å². The Morgan fingerprint density at radius 1 is 1.36 bits per heavy atom. The van der Waals surface area contributed by atoms with Crippen LogP contribution in [0, 0.1) is 11.3 Å². The minimum absolute atomic E-state index is 0.0560. The van der Waals surface area contributed by atoms with Gasteiger partial charge in [0.05, 0.1) is 18.2 Å². The van der Waals surface area contributed by atoms with E-state index in [-0.39, 0.29) is 12.3 Å². The number of rotatable bonds is 3. The third-order valence-corrected chi connectivity index (χ3v) is 5.10. The second-order valence-electron chi connectivity index (χ2n) is 7.25. The van der Waals surface area contributed by atoms with Crippen molar-refractivity contribution >= 4 is 5.97 Å². The Morgan fingerprint density at radius 2 is 2.07 bits per heavy atom. The number of aromatic nitrogens is 2. The van der Waals surface area contributed by atoms with E-state index in [0.29, 0.717) is 16.9 Å². The van der Waals surface area contributed by atoms with Gasteiger partial charge < -0.3 is 14.6 Å². The van der Waals surface area contributed by atoms with Gasteiger partial charge in [0.25, 0.3) is 5.56 Å². The molecular weight excluding hydrogens is 362 g/mol. The van der Waals surface area contributed by atoms with Crippen LogP contribution in [0.5, 0.6) is 5.75 Å². The minimum atomic E-state index is -1.59. The molecule has 1 aromatic heterocycles. The molecule has 3 rings (SSSR count). The van der Waals surface area contributed by atoms with Gasteiger partial charge in [-0.3, -0.25) is 4.79 Å². The number of hydrogen-bond acceptors (Lipinski definition) is 7. The van der Waals surface area contributed by atoms with Crippen molar-refractivity contribution in [2.45, 2.75) is 44.9 Å². The van der Waals surface area contributed by atoms with Crippen molar-refractivity contribution in [2.75, 3.05) is 6.61 Å². The van der Waals surface area contributed by atoms with E-state index in [1.165, 1.54) is 19.1 Å². The van der Waals surface area contributed by atoms with Crippen LogP contribution in [-0.2, 0) is 4.74 Å². The van der Waals surface area contributed by atoms with Crippen LogP contribution in [0.2, 0.25) is 0 Å². The normalized spacial score (nSPS) is 22.5. The van der Waals surface area contributed by atoms with E-state index >= 15 is 0 Å². The first-order valence-electron chi connectivity index (χ1n) is 8.85. The highest BCUT2D eigenvalue weighted by Crippen LogP contribution is 2.47. The summed E-state index contributed by atoms with van der Waals surface area (Å²) in [5.74, 6) is -0.246. The monoisotopic (exact) mass is 383 g/mol. The van der Waals surface area contributed by atoms with Gasteiger partial charge in [0.15, 0.2) is 5.69 Å². The van der Waals surface area contributed by atoms with E-state index in [1.807, 2.05) is 6.07 Å². The number of hydrogen-bond donors (Lipinski definition) is 1. The summed E-state index contributed by atoms with van der Waals surface area (Å²) in [6, 6.07) is 8.30. The molecular formula is C20H21N3O5. The Kier molecular flexibility index (Phi) is 4.73. The van der Waals surface area contributed by atoms with E-state index in [4.69, 9.17) is 9.47 Å². The topological polar surface area (TPSA) is 114 Å². The van der Waals surface area contributed by atoms with Crippen LogP contribution in [0.1, 0.15) is 55.4 Å². The van der Waals surface area contributed by atoms with Gasteiger partial charge in [-0.25, -0.2) is 9.48 Å². The van der Waals surface area contributed by atoms with Crippen LogP contribution in [0.3, 0.4) is 0 Å². The van der Waals surface area contributed by atoms with Crippen LogP contribution >= 0.6 is 0 Å². The molecule has 1 aliphatic heterocycles. The van der Waals surface area contributed by atoms with Gasteiger partial charge in [-0.15, -0.1) is 0 Å². The zero-order valence-electron chi connectivity index (χ0n) is 16.1. The van der Waals surface area contributed by atoms with E-state index in [0.717, 1.165) is 4.68 Å². The van der Waals surface area contributed by atoms with Gasteiger partial charge in [0, 0.05) is 11.6 Å². The van der Waals surface area contributed by atoms with Crippen molar-refractivity contribution in [2.24, 2.45) is 0 Å². The molecule has 0 spiro atoms. The van der Waals surface area contributed by atoms with Crippen LogP contribution in [0.4, 0.5) is 0 Å². The van der Waals surface area contributed by atoms with E-state index in [1.54, 1.807) is 39.0 Å². The second-order valence-corrected chi connectivity index (χ2v) is 7.25. The lowest BCUT2D eigenvalue weighted by Crippen LogP contribution is -2.61. The van der Waals surface area contributed by atoms with Crippen LogP contribution < -0.4 is 10.3 Å². The minimum Gasteiger partial charge on any atom is -0.484 e. The zero-order valence-corrected chi connectivity index (χ0v) is 16.1. The smallest absolute Gasteiger partial charge is 0.358 e. The van der Waals surface area contributed by atoms with Crippen LogP contribution in [-0.4, -0.2) is 38.7 Å². The maximum absolute atomic E-state index is 12.6. The number of nitrogens with zero attached hydrogens (tertiary/aromatic N) is 3. The zero-order chi connectivity index (χ0) is 20.7. The molecule has 28 heavy (non-hydrogen) atoms. The molecule has 146 valence electrons. The summed E-state index contributed by atoms with van der Waals surface area (Å²) in [6.07, 6.45) is 0. The first kappa shape index (κ1) is 19.6. The number of fused-ring (bicyclic) bond motifs is 1. The summed E-state index contributed by atoms with van der Waals surface area (Å²) in [5, 5.41) is 24.8. The Balaban J connectivity index is 2.28. The average Bonchev–Trinajstić information content (AvgIpc) is 2.63. The van der Waals surface area contributed by atoms with E-state index in [2.05, 4.69) is 5.10 Å². The first-order valence-corrected chi connectivity index (χ1v) is 8.85. The predicted molar refractivity (Wildman–Crippen MR) is 99.1 cm³/mol. The molecule has 0 saturated heterocycles. The molecule has 2 atom stereocenters. The molecule has 2 heterocycles. The van der Waals surface area contributed by atoms with Crippen LogP contribution in [0.25, 0.3) is 0 Å². The summed E-state index contributed by atoms with van der Waals surface area (Å²) in [4.78, 5) is 24.7. The second kappa shape index (κ2) is 6.77. The standard InChI is InChI=1S/C20H21N3O5/c1-5-27-18(25)14-7-9-16(24)23(22-14)17-13-10-12(11-21)6-8-15(13)28-19(2,3)20(17,4)26/h6-10,17,26H,5H2,1-4H3. The maximum Gasteiger partial charge on any atom is 0.358 e. The third-order valence-electron chi connectivity index (χ3n) is 5.10. The molecule has 0 aliphatic carbocycles. The first-order chi connectivity index (χ1) is 13.1. The lowest BCUT2D eigenvalue weighted by Gasteiger charge is -2.49. The third kappa shape index (κ3) is 3.04. The predicted octanol–water partition coefficient (Wildman–Crippen LogP) is 1.80. The Labute approximate surface area is 161 Å². The quantitative estimate of drug-likeness (QED) is 0.804. The molecule has 0 fully saturated rings. The highest BCUT2D eigenvalue weighted by Gasteiger charge is 2.54. The number of carbonyl (C=O) groups excluding carboxylic acids is 1. The fraction of sp³-hybridized carbons (Fsp3) is 0.400. The van der Waals surface area contributed by atoms with E-state index in [9.17, 15) is 20.0 Å². The van der Waals surface area contributed by atoms with Gasteiger partial charge in [0.2, 0.25) is 0 Å². The Hall–Kier alpha value is -3.18. The molecule has 0 saturated carbocycles. The number of benzene rings is 1. The SMILES string of the molecule is CCOC(=O)c1ccc(=O)n(C2c3cc(C#N)ccc3OC(C)(C)C2(C)O)n1. The summed E-state index contributed by atoms with van der Waals surface area (Å²) in [7, 11) is 0. The Bertz CT molecular complexity index is 1030. The number of esters is 1. The molecule has 1 aromatic carbocycles. The van der Waals surface area contributed by atoms with Gasteiger partial charge in [-0.2, -0.15) is 10.4 Å². The lowest BCUT2D eigenvalue weighted by molar-refractivity contribution is -0.141. The molecule has 1 aliphatic rings. The van der Waals surface area contributed by atoms with Crippen molar-refractivity contribution in [1.29, 1.82) is 5.26 Å². The fourth-order valence-corrected chi connectivity index (χ4v) is 3.23. The summed E-state index contributed by atoms with van der Waals surface area (Å²) < 4.78 is 12.0. The molecule has 1 N–H and O–H groups in total. The van der Waals surface area contributed by atoms with Crippen molar-refractivity contribution < 1.29 is 19.4 Å². The fourth-order valence-electron chi connectivity index (χ4n) is 3.23. The molecule has 0 amide bonds. The van der Waals surface area contributed by atoms with Crippen molar-refractivity contribution in [3.05, 3.63) is 57.5 Å².